The molecule has 0 aromatic heterocycles. The van der Waals surface area contributed by atoms with E-state index in [1.165, 1.54) is 13.8 Å². The minimum absolute atomic E-state index is 0.00279. The van der Waals surface area contributed by atoms with Crippen LogP contribution in [0, 0.1) is 43.3 Å². The lowest BCUT2D eigenvalue weighted by atomic mass is 10.0. The van der Waals surface area contributed by atoms with E-state index in [1.807, 2.05) is 0 Å². The van der Waals surface area contributed by atoms with Crippen molar-refractivity contribution < 1.29 is 67.1 Å². The van der Waals surface area contributed by atoms with Crippen LogP contribution in [0.15, 0.2) is 60.7 Å². The van der Waals surface area contributed by atoms with Crippen LogP contribution in [0.2, 0.25) is 0 Å². The number of carbonyl (C=O) groups is 14. The lowest BCUT2D eigenvalue weighted by Gasteiger charge is -2.29. The number of unbranched alkanes of at least 4 members (excludes halogenated alkanes) is 1. The molecule has 0 aliphatic carbocycles. The first kappa shape index (κ1) is 116. The predicted molar refractivity (Wildman–Crippen MR) is 506 cm³/mol. The number of nitrogens with one attached hydrogen (secondary N) is 29. The zero-order valence-electron chi connectivity index (χ0n) is 75.6. The Hall–Kier alpha value is -14.5. The summed E-state index contributed by atoms with van der Waals surface area (Å²) in [5.74, 6) is -16.6. The number of carbonyl (C=O) groups excluding carboxylic acids is 14. The number of primary amides is 1. The molecule has 0 unspecified atom stereocenters. The third kappa shape index (κ3) is 51.2. The molecule has 54 heteroatoms. The van der Waals surface area contributed by atoms with Crippen LogP contribution in [-0.2, 0) is 80.0 Å². The van der Waals surface area contributed by atoms with Gasteiger partial charge in [-0.15, -0.1) is 0 Å². The SMILES string of the molecule is CC(=O)N[C@H](Cc1ccccc1)C(=O)N[C@H](CS)C(=O)N[C@@H](CCCCN)C(=O)N[C@@H](C)C(=O)N[C@H](Cc1ccccc1)C(=O)N[C@H](CCCNC(=N)N)C(=O)N[C@H](CCCNC(=N)N)C(=O)N[C@H](CCCNC(=N)N)C(=O)N[C@H](CCCNC(=N)N)C(=O)N[C@H](CCCNC(=N)N)C(=O)N[C@H](CCCNC(=N)N)C(=O)N[C@H](CCCNC(=N)N)C(=O)N[C@H](CCCNC(=N)N)C(N)=O. The van der Waals surface area contributed by atoms with Crippen LogP contribution in [0.1, 0.15) is 147 Å². The van der Waals surface area contributed by atoms with E-state index in [2.05, 4.69) is 124 Å². The van der Waals surface area contributed by atoms with Gasteiger partial charge in [-0.1, -0.05) is 60.7 Å². The maximum absolute atomic E-state index is 15.2. The molecule has 2 aromatic carbocycles. The highest BCUT2D eigenvalue weighted by molar-refractivity contribution is 7.80. The molecule has 49 N–H and O–H groups in total. The molecular weight excluding hydrogens is 1760 g/mol. The molecule has 2 aromatic rings. The van der Waals surface area contributed by atoms with Crippen LogP contribution in [0.4, 0.5) is 0 Å². The molecule has 0 aliphatic rings. The lowest BCUT2D eigenvalue weighted by Crippen LogP contribution is -2.61. The highest BCUT2D eigenvalue weighted by Crippen LogP contribution is 2.14. The van der Waals surface area contributed by atoms with Crippen LogP contribution < -0.4 is 169 Å². The van der Waals surface area contributed by atoms with Gasteiger partial charge in [-0.2, -0.15) is 12.6 Å². The van der Waals surface area contributed by atoms with Gasteiger partial charge in [0.1, 0.15) is 78.5 Å². The summed E-state index contributed by atoms with van der Waals surface area (Å²) in [6, 6.07) is -2.19. The highest BCUT2D eigenvalue weighted by atomic mass is 32.1. The highest BCUT2D eigenvalue weighted by Gasteiger charge is 2.38. The van der Waals surface area contributed by atoms with E-state index in [-0.39, 0.29) is 193 Å². The molecule has 0 aliphatic heterocycles. The van der Waals surface area contributed by atoms with Crippen molar-refractivity contribution in [2.45, 2.75) is 227 Å². The van der Waals surface area contributed by atoms with Gasteiger partial charge in [0.2, 0.25) is 82.7 Å². The van der Waals surface area contributed by atoms with Crippen LogP contribution in [0.3, 0.4) is 0 Å². The zero-order chi connectivity index (χ0) is 100. The zero-order valence-corrected chi connectivity index (χ0v) is 76.5. The number of hydrogen-bond donors (Lipinski definition) is 40. The summed E-state index contributed by atoms with van der Waals surface area (Å²) in [6.07, 6.45) is -1.07. The van der Waals surface area contributed by atoms with Gasteiger partial charge in [0.25, 0.3) is 0 Å². The fourth-order valence-electron chi connectivity index (χ4n) is 13.1. The molecular formula is C80H141N39O14S. The van der Waals surface area contributed by atoms with E-state index in [9.17, 15) is 43.2 Å². The monoisotopic (exact) mass is 1900 g/mol. The van der Waals surface area contributed by atoms with Gasteiger partial charge in [-0.3, -0.25) is 110 Å². The molecule has 0 saturated heterocycles. The molecule has 0 fully saturated rings. The number of nitrogens with two attached hydrogens (primary N) is 10. The number of rotatable bonds is 67. The van der Waals surface area contributed by atoms with E-state index in [0.717, 1.165) is 0 Å². The van der Waals surface area contributed by atoms with Crippen molar-refractivity contribution in [3.8, 4) is 0 Å². The Morgan fingerprint density at radius 3 is 0.679 bits per heavy atom. The number of guanidine groups is 8. The van der Waals surface area contributed by atoms with E-state index in [4.69, 9.17) is 101 Å². The maximum Gasteiger partial charge on any atom is 0.244 e. The van der Waals surface area contributed by atoms with Gasteiger partial charge in [0.15, 0.2) is 47.7 Å². The lowest BCUT2D eigenvalue weighted by molar-refractivity contribution is -0.136. The Morgan fingerprint density at radius 1 is 0.261 bits per heavy atom. The Morgan fingerprint density at radius 2 is 0.455 bits per heavy atom. The van der Waals surface area contributed by atoms with Crippen molar-refractivity contribution >= 4 is 143 Å². The number of benzene rings is 2. The first-order chi connectivity index (χ1) is 63.5. The van der Waals surface area contributed by atoms with Gasteiger partial charge >= 0.3 is 0 Å². The van der Waals surface area contributed by atoms with Gasteiger partial charge in [-0.05, 0) is 147 Å². The normalized spacial score (nSPS) is 13.6. The van der Waals surface area contributed by atoms with Crippen molar-refractivity contribution in [2.24, 2.45) is 57.3 Å². The van der Waals surface area contributed by atoms with Gasteiger partial charge < -0.3 is 169 Å². The molecule has 2 rings (SSSR count). The van der Waals surface area contributed by atoms with Gasteiger partial charge in [0.05, 0.1) is 0 Å². The first-order valence-corrected chi connectivity index (χ1v) is 44.4. The Bertz CT molecular complexity index is 4220. The molecule has 0 heterocycles. The van der Waals surface area contributed by atoms with Crippen molar-refractivity contribution in [3.63, 3.8) is 0 Å². The van der Waals surface area contributed by atoms with Crippen LogP contribution in [-0.4, -0.2) is 274 Å². The second-order valence-electron chi connectivity index (χ2n) is 31.3. The van der Waals surface area contributed by atoms with Crippen LogP contribution in [0.5, 0.6) is 0 Å². The topological polar surface area (TPSA) is 943 Å². The smallest absolute Gasteiger partial charge is 0.244 e. The molecule has 0 spiro atoms. The third-order valence-electron chi connectivity index (χ3n) is 20.0. The summed E-state index contributed by atoms with van der Waals surface area (Å²) in [4.78, 5) is 201. The summed E-state index contributed by atoms with van der Waals surface area (Å²) in [5, 5.41) is 117. The van der Waals surface area contributed by atoms with Crippen LogP contribution >= 0.6 is 12.6 Å². The average molecular weight is 1910 g/mol. The Kier molecular flexibility index (Phi) is 56.2. The number of thiol groups is 1. The molecule has 0 bridgehead atoms. The molecule has 134 heavy (non-hydrogen) atoms. The van der Waals surface area contributed by atoms with Crippen molar-refractivity contribution in [2.75, 3.05) is 64.7 Å². The first-order valence-electron chi connectivity index (χ1n) is 43.8. The van der Waals surface area contributed by atoms with E-state index in [1.54, 1.807) is 60.7 Å². The second-order valence-corrected chi connectivity index (χ2v) is 31.6. The minimum Gasteiger partial charge on any atom is -0.370 e. The summed E-state index contributed by atoms with van der Waals surface area (Å²) >= 11 is 4.31. The molecule has 53 nitrogen and oxygen atoms in total. The third-order valence-corrected chi connectivity index (χ3v) is 20.4. The van der Waals surface area contributed by atoms with Crippen molar-refractivity contribution in [1.82, 2.24) is 112 Å². The van der Waals surface area contributed by atoms with Crippen LogP contribution in [0.25, 0.3) is 0 Å². The van der Waals surface area contributed by atoms with Crippen molar-refractivity contribution in [1.29, 1.82) is 43.3 Å². The van der Waals surface area contributed by atoms with Crippen molar-refractivity contribution in [3.05, 3.63) is 71.8 Å². The Labute approximate surface area is 782 Å². The van der Waals surface area contributed by atoms with E-state index < -0.39 is 203 Å². The molecule has 14 amide bonds. The summed E-state index contributed by atoms with van der Waals surface area (Å²) in [7, 11) is 0. The fraction of sp³-hybridized carbons (Fsp3) is 0.575. The summed E-state index contributed by atoms with van der Waals surface area (Å²) in [6.45, 7) is 2.57. The quantitative estimate of drug-likeness (QED) is 0.0127. The maximum atomic E-state index is 15.2. The predicted octanol–water partition coefficient (Wildman–Crippen LogP) is -10.5. The summed E-state index contributed by atoms with van der Waals surface area (Å²) < 4.78 is 0. The minimum atomic E-state index is -1.66. The van der Waals surface area contributed by atoms with E-state index in [0.29, 0.717) is 24.0 Å². The van der Waals surface area contributed by atoms with Gasteiger partial charge in [0, 0.05) is 77.9 Å². The number of hydrogen-bond acceptors (Lipinski definition) is 24. The number of amides is 14. The second kappa shape index (κ2) is 65.1. The van der Waals surface area contributed by atoms with E-state index >= 15 is 24.0 Å². The fourth-order valence-corrected chi connectivity index (χ4v) is 13.4. The molecule has 13 atom stereocenters. The van der Waals surface area contributed by atoms with Gasteiger partial charge in [-0.25, -0.2) is 0 Å². The largest absolute Gasteiger partial charge is 0.370 e. The standard InChI is InChI=1S/C80H141N39O14S/c1-44(107-62(123)49(23-9-10-32-81)117-72(133)59(43-134)119-70(131)57(108-45(2)120)41-46-19-5-3-6-20-46)61(122)118-58(42-47-21-7-4-8-22-47)71(132)116-56(31-18-40-106-80(97)98)69(130)115-55(30-17-39-105-79(95)96)68(129)114-54(29-16-38-104-78(93)94)67(128)113-53(28-15-37-103-77(91)92)66(127)112-52(27-14-36-102-76(89)90)65(126)111-51(26-13-35-101-75(87)88)64(125)110-50(25-12-34-100-74(85)86)63(124)109-48(60(82)121)24-11-33-99-73(83)84/h3-8,19-22,44,48-59,134H,9-18,23-43,81H2,1-2H3,(H2,82,121)(H,107,123)(H,108,120)(H,109,124)(H,110,125)(H,111,126)(H,112,127)(H,113,128)(H,114,129)(H,115,130)(H,116,132)(H,117,133)(H,118,122)(H,119,131)(H4,83,84,99)(H4,85,86,100)(H4,87,88,101)(H4,89,90,102)(H4,91,92,103)(H4,93,94,104)(H4,95,96,105)(H4,97,98,106)/t44-,48+,49-,50+,51+,52+,53+,54+,55+,56+,57+,58+,59+/m0/s1. The summed E-state index contributed by atoms with van der Waals surface area (Å²) in [5.41, 5.74) is 57.2. The molecule has 746 valence electrons. The Balaban J connectivity index is 2.79. The average Bonchev–Trinajstić information content (AvgIpc) is 0.855. The molecule has 0 radical (unpaired) electrons. The molecule has 0 saturated carbocycles.